The minimum atomic E-state index is -0.321. The molecule has 5 heteroatoms. The van der Waals surface area contributed by atoms with Crippen LogP contribution in [0, 0.1) is 0 Å². The highest BCUT2D eigenvalue weighted by molar-refractivity contribution is 6.30. The van der Waals surface area contributed by atoms with Crippen molar-refractivity contribution in [1.82, 2.24) is 0 Å². The van der Waals surface area contributed by atoms with Crippen LogP contribution in [0.5, 0.6) is 5.75 Å². The Labute approximate surface area is 99.5 Å². The molecule has 1 aromatic rings. The molecule has 0 heterocycles. The molecule has 0 aromatic heterocycles. The zero-order valence-electron chi connectivity index (χ0n) is 8.91. The van der Waals surface area contributed by atoms with Crippen LogP contribution in [0.2, 0.25) is 5.02 Å². The number of halogens is 1. The van der Waals surface area contributed by atoms with Gasteiger partial charge in [0.2, 0.25) is 5.91 Å². The predicted molar refractivity (Wildman–Crippen MR) is 63.3 cm³/mol. The fourth-order valence-corrected chi connectivity index (χ4v) is 1.47. The molecule has 1 rings (SSSR count). The highest BCUT2D eigenvalue weighted by atomic mass is 35.5. The first-order valence-corrected chi connectivity index (χ1v) is 5.41. The van der Waals surface area contributed by atoms with Gasteiger partial charge in [-0.15, -0.1) is 0 Å². The van der Waals surface area contributed by atoms with Gasteiger partial charge in [-0.2, -0.15) is 0 Å². The molecule has 0 aliphatic carbocycles. The number of nitrogens with two attached hydrogens (primary N) is 2. The van der Waals surface area contributed by atoms with Gasteiger partial charge in [0, 0.05) is 23.6 Å². The first-order valence-electron chi connectivity index (χ1n) is 5.03. The molecule has 0 saturated heterocycles. The zero-order valence-corrected chi connectivity index (χ0v) is 9.67. The molecular formula is C11H15ClN2O2. The number of rotatable bonds is 6. The number of hydrogen-bond acceptors (Lipinski definition) is 3. The lowest BCUT2D eigenvalue weighted by molar-refractivity contribution is -0.118. The van der Waals surface area contributed by atoms with E-state index in [-0.39, 0.29) is 5.91 Å². The molecule has 1 amide bonds. The maximum atomic E-state index is 10.5. The summed E-state index contributed by atoms with van der Waals surface area (Å²) in [6, 6.07) is 5.28. The molecule has 4 nitrogen and oxygen atoms in total. The minimum Gasteiger partial charge on any atom is -0.493 e. The van der Waals surface area contributed by atoms with Gasteiger partial charge >= 0.3 is 0 Å². The van der Waals surface area contributed by atoms with Gasteiger partial charge in [-0.3, -0.25) is 4.79 Å². The molecule has 0 bridgehead atoms. The van der Waals surface area contributed by atoms with E-state index in [1.807, 2.05) is 0 Å². The van der Waals surface area contributed by atoms with Crippen molar-refractivity contribution in [3.63, 3.8) is 0 Å². The standard InChI is InChI=1S/C11H15ClN2O2/c12-9-3-4-10(8(6-9)7-13)16-5-1-2-11(14)15/h3-4,6H,1-2,5,7,13H2,(H2,14,15). The van der Waals surface area contributed by atoms with Crippen molar-refractivity contribution >= 4 is 17.5 Å². The quantitative estimate of drug-likeness (QED) is 0.741. The van der Waals surface area contributed by atoms with Gasteiger partial charge < -0.3 is 16.2 Å². The van der Waals surface area contributed by atoms with Crippen molar-refractivity contribution in [1.29, 1.82) is 0 Å². The van der Waals surface area contributed by atoms with Gasteiger partial charge in [0.15, 0.2) is 0 Å². The van der Waals surface area contributed by atoms with Crippen molar-refractivity contribution < 1.29 is 9.53 Å². The van der Waals surface area contributed by atoms with Gasteiger partial charge in [-0.1, -0.05) is 11.6 Å². The van der Waals surface area contributed by atoms with Crippen molar-refractivity contribution in [3.05, 3.63) is 28.8 Å². The van der Waals surface area contributed by atoms with E-state index in [1.165, 1.54) is 0 Å². The van der Waals surface area contributed by atoms with Gasteiger partial charge in [0.1, 0.15) is 5.75 Å². The van der Waals surface area contributed by atoms with Gasteiger partial charge in [0.05, 0.1) is 6.61 Å². The van der Waals surface area contributed by atoms with Crippen molar-refractivity contribution in [2.24, 2.45) is 11.5 Å². The van der Waals surface area contributed by atoms with E-state index in [9.17, 15) is 4.79 Å². The summed E-state index contributed by atoms with van der Waals surface area (Å²) in [5.74, 6) is 0.384. The third kappa shape index (κ3) is 4.08. The lowest BCUT2D eigenvalue weighted by Gasteiger charge is -2.10. The Hall–Kier alpha value is -1.26. The smallest absolute Gasteiger partial charge is 0.217 e. The van der Waals surface area contributed by atoms with Crippen LogP contribution in [0.25, 0.3) is 0 Å². The second-order valence-electron chi connectivity index (χ2n) is 3.37. The molecule has 4 N–H and O–H groups in total. The molecule has 0 aliphatic rings. The van der Waals surface area contributed by atoms with E-state index in [0.29, 0.717) is 36.8 Å². The van der Waals surface area contributed by atoms with E-state index in [0.717, 1.165) is 5.56 Å². The van der Waals surface area contributed by atoms with E-state index < -0.39 is 0 Å². The van der Waals surface area contributed by atoms with Gasteiger partial charge in [0.25, 0.3) is 0 Å². The third-order valence-corrected chi connectivity index (χ3v) is 2.30. The lowest BCUT2D eigenvalue weighted by atomic mass is 10.2. The Balaban J connectivity index is 2.50. The summed E-state index contributed by atoms with van der Waals surface area (Å²) in [7, 11) is 0. The van der Waals surface area contributed by atoms with Crippen molar-refractivity contribution in [3.8, 4) is 5.75 Å². The topological polar surface area (TPSA) is 78.3 Å². The Morgan fingerprint density at radius 3 is 2.81 bits per heavy atom. The average Bonchev–Trinajstić information content (AvgIpc) is 2.25. The fraction of sp³-hybridized carbons (Fsp3) is 0.364. The highest BCUT2D eigenvalue weighted by Crippen LogP contribution is 2.22. The van der Waals surface area contributed by atoms with E-state index in [2.05, 4.69) is 0 Å². The normalized spacial score (nSPS) is 10.1. The average molecular weight is 243 g/mol. The first kappa shape index (κ1) is 12.8. The molecule has 1 aromatic carbocycles. The second kappa shape index (κ2) is 6.35. The number of benzene rings is 1. The number of primary amides is 1. The van der Waals surface area contributed by atoms with Crippen molar-refractivity contribution in [2.45, 2.75) is 19.4 Å². The summed E-state index contributed by atoms with van der Waals surface area (Å²) in [4.78, 5) is 10.5. The number of amides is 1. The van der Waals surface area contributed by atoms with Gasteiger partial charge in [-0.25, -0.2) is 0 Å². The third-order valence-electron chi connectivity index (χ3n) is 2.07. The molecule has 0 radical (unpaired) electrons. The van der Waals surface area contributed by atoms with Crippen LogP contribution in [0.1, 0.15) is 18.4 Å². The molecule has 0 atom stereocenters. The molecule has 0 saturated carbocycles. The van der Waals surface area contributed by atoms with Crippen LogP contribution in [-0.2, 0) is 11.3 Å². The SMILES string of the molecule is NCc1cc(Cl)ccc1OCCCC(N)=O. The molecule has 0 unspecified atom stereocenters. The van der Waals surface area contributed by atoms with E-state index >= 15 is 0 Å². The monoisotopic (exact) mass is 242 g/mol. The van der Waals surface area contributed by atoms with E-state index in [4.69, 9.17) is 27.8 Å². The summed E-state index contributed by atoms with van der Waals surface area (Å²) in [6.45, 7) is 0.809. The molecule has 0 spiro atoms. The fourth-order valence-electron chi connectivity index (χ4n) is 1.28. The molecule has 16 heavy (non-hydrogen) atoms. The zero-order chi connectivity index (χ0) is 12.0. The van der Waals surface area contributed by atoms with Crippen LogP contribution >= 0.6 is 11.6 Å². The minimum absolute atomic E-state index is 0.321. The molecule has 88 valence electrons. The maximum absolute atomic E-state index is 10.5. The maximum Gasteiger partial charge on any atom is 0.217 e. The predicted octanol–water partition coefficient (Wildman–Crippen LogP) is 1.44. The Kier molecular flexibility index (Phi) is 5.08. The number of ether oxygens (including phenoxy) is 1. The largest absolute Gasteiger partial charge is 0.493 e. The summed E-state index contributed by atoms with van der Waals surface area (Å²) < 4.78 is 5.49. The molecule has 0 aliphatic heterocycles. The Morgan fingerprint density at radius 2 is 2.19 bits per heavy atom. The molecule has 0 fully saturated rings. The van der Waals surface area contributed by atoms with Crippen LogP contribution in [0.4, 0.5) is 0 Å². The summed E-state index contributed by atoms with van der Waals surface area (Å²) in [6.07, 6.45) is 0.924. The van der Waals surface area contributed by atoms with Crippen LogP contribution in [-0.4, -0.2) is 12.5 Å². The lowest BCUT2D eigenvalue weighted by Crippen LogP contribution is -2.12. The number of carbonyl (C=O) groups is 1. The summed E-state index contributed by atoms with van der Waals surface area (Å²) in [5.41, 5.74) is 11.4. The number of hydrogen-bond donors (Lipinski definition) is 2. The van der Waals surface area contributed by atoms with E-state index in [1.54, 1.807) is 18.2 Å². The summed E-state index contributed by atoms with van der Waals surface area (Å²) in [5, 5.41) is 0.630. The second-order valence-corrected chi connectivity index (χ2v) is 3.81. The summed E-state index contributed by atoms with van der Waals surface area (Å²) >= 11 is 5.83. The van der Waals surface area contributed by atoms with Crippen molar-refractivity contribution in [2.75, 3.05) is 6.61 Å². The van der Waals surface area contributed by atoms with Crippen LogP contribution in [0.15, 0.2) is 18.2 Å². The van der Waals surface area contributed by atoms with Crippen LogP contribution < -0.4 is 16.2 Å². The highest BCUT2D eigenvalue weighted by Gasteiger charge is 2.03. The molecular weight excluding hydrogens is 228 g/mol. The Bertz CT molecular complexity index is 369. The number of carbonyl (C=O) groups excluding carboxylic acids is 1. The first-order chi connectivity index (χ1) is 7.63. The van der Waals surface area contributed by atoms with Crippen LogP contribution in [0.3, 0.4) is 0 Å². The Morgan fingerprint density at radius 1 is 1.44 bits per heavy atom. The van der Waals surface area contributed by atoms with Gasteiger partial charge in [-0.05, 0) is 24.6 Å².